The monoisotopic (exact) mass is 408 g/mol. The molecule has 2 aliphatic heterocycles. The maximum absolute atomic E-state index is 14.3. The van der Waals surface area contributed by atoms with Gasteiger partial charge in [0, 0.05) is 24.7 Å². The third kappa shape index (κ3) is 3.77. The van der Waals surface area contributed by atoms with Gasteiger partial charge in [-0.1, -0.05) is 0 Å². The van der Waals surface area contributed by atoms with Gasteiger partial charge in [0.15, 0.2) is 17.1 Å². The van der Waals surface area contributed by atoms with Crippen molar-refractivity contribution in [1.82, 2.24) is 10.2 Å². The highest BCUT2D eigenvalue weighted by atomic mass is 19.3. The highest BCUT2D eigenvalue weighted by Gasteiger charge is 2.43. The van der Waals surface area contributed by atoms with Crippen molar-refractivity contribution in [2.24, 2.45) is 4.99 Å². The lowest BCUT2D eigenvalue weighted by Crippen LogP contribution is -2.54. The summed E-state index contributed by atoms with van der Waals surface area (Å²) in [4.78, 5) is 5.96. The van der Waals surface area contributed by atoms with Gasteiger partial charge in [-0.2, -0.15) is 0 Å². The minimum Gasteiger partial charge on any atom is -0.484 e. The minimum absolute atomic E-state index is 0.0852. The van der Waals surface area contributed by atoms with Crippen LogP contribution in [0.15, 0.2) is 29.0 Å². The van der Waals surface area contributed by atoms with Crippen molar-refractivity contribution in [1.29, 1.82) is 0 Å². The van der Waals surface area contributed by atoms with Crippen LogP contribution in [-0.2, 0) is 0 Å². The van der Waals surface area contributed by atoms with Crippen LogP contribution in [0.4, 0.5) is 18.9 Å². The van der Waals surface area contributed by atoms with Gasteiger partial charge in [-0.3, -0.25) is 10.4 Å². The molecule has 6 nitrogen and oxygen atoms in total. The van der Waals surface area contributed by atoms with E-state index in [1.165, 1.54) is 18.5 Å². The first-order valence-corrected chi connectivity index (χ1v) is 9.58. The van der Waals surface area contributed by atoms with Crippen molar-refractivity contribution >= 4 is 17.7 Å². The zero-order chi connectivity index (χ0) is 21.0. The lowest BCUT2D eigenvalue weighted by Gasteiger charge is -2.29. The molecule has 1 saturated heterocycles. The lowest BCUT2D eigenvalue weighted by molar-refractivity contribution is -0.118. The smallest absolute Gasteiger partial charge is 0.266 e. The Morgan fingerprint density at radius 2 is 2.00 bits per heavy atom. The van der Waals surface area contributed by atoms with Gasteiger partial charge in [0.25, 0.3) is 5.92 Å². The maximum atomic E-state index is 14.3. The molecule has 0 bridgehead atoms. The second kappa shape index (κ2) is 6.40. The number of ether oxygens (including phenoxy) is 1. The predicted octanol–water partition coefficient (Wildman–Crippen LogP) is 1.46. The molecule has 1 saturated carbocycles. The number of likely N-dealkylation sites (tertiary alicyclic amines) is 1. The van der Waals surface area contributed by atoms with Gasteiger partial charge in [-0.15, -0.1) is 0 Å². The van der Waals surface area contributed by atoms with Crippen molar-refractivity contribution in [3.05, 3.63) is 35.4 Å². The van der Waals surface area contributed by atoms with Gasteiger partial charge in [-0.05, 0) is 38.8 Å². The molecule has 1 aromatic rings. The van der Waals surface area contributed by atoms with E-state index in [1.54, 1.807) is 17.9 Å². The van der Waals surface area contributed by atoms with Crippen LogP contribution in [0.1, 0.15) is 38.7 Å². The van der Waals surface area contributed by atoms with Crippen LogP contribution in [0.3, 0.4) is 0 Å². The Balaban J connectivity index is 1.63. The van der Waals surface area contributed by atoms with E-state index in [9.17, 15) is 13.2 Å². The SMILES string of the molecule is CC1(Oc2cc(C(=[NH2+])C3(C)C=C(N4CCC(F)(F)C4)NC=N3)c(N)cc2F)CC1. The fourth-order valence-electron chi connectivity index (χ4n) is 3.55. The Hall–Kier alpha value is -2.71. The Bertz CT molecular complexity index is 925. The Labute approximate surface area is 167 Å². The third-order valence-electron chi connectivity index (χ3n) is 5.72. The first kappa shape index (κ1) is 19.6. The quantitative estimate of drug-likeness (QED) is 0.509. The summed E-state index contributed by atoms with van der Waals surface area (Å²) in [6.45, 7) is 3.52. The van der Waals surface area contributed by atoms with Gasteiger partial charge in [0.2, 0.25) is 5.71 Å². The van der Waals surface area contributed by atoms with Crippen molar-refractivity contribution in [2.45, 2.75) is 50.2 Å². The summed E-state index contributed by atoms with van der Waals surface area (Å²) in [6.07, 6.45) is 4.62. The average molecular weight is 408 g/mol. The number of nitrogens with two attached hydrogens (primary N) is 2. The summed E-state index contributed by atoms with van der Waals surface area (Å²) in [6, 6.07) is 2.67. The van der Waals surface area contributed by atoms with Crippen molar-refractivity contribution < 1.29 is 23.3 Å². The zero-order valence-corrected chi connectivity index (χ0v) is 16.4. The van der Waals surface area contributed by atoms with Crippen LogP contribution in [0, 0.1) is 5.82 Å². The maximum Gasteiger partial charge on any atom is 0.266 e. The number of rotatable bonds is 5. The fourth-order valence-corrected chi connectivity index (χ4v) is 3.55. The minimum atomic E-state index is -2.73. The van der Waals surface area contributed by atoms with E-state index in [-0.39, 0.29) is 42.3 Å². The van der Waals surface area contributed by atoms with Crippen LogP contribution in [0.5, 0.6) is 5.75 Å². The number of nitrogen functional groups attached to an aromatic ring is 1. The van der Waals surface area contributed by atoms with Crippen LogP contribution >= 0.6 is 0 Å². The van der Waals surface area contributed by atoms with Crippen molar-refractivity contribution in [3.8, 4) is 5.75 Å². The highest BCUT2D eigenvalue weighted by Crippen LogP contribution is 2.41. The summed E-state index contributed by atoms with van der Waals surface area (Å²) < 4.78 is 47.4. The number of aliphatic imine (C=N–C) groups is 1. The molecule has 29 heavy (non-hydrogen) atoms. The largest absolute Gasteiger partial charge is 0.484 e. The molecule has 0 radical (unpaired) electrons. The summed E-state index contributed by atoms with van der Waals surface area (Å²) in [5.41, 5.74) is 5.48. The molecule has 5 N–H and O–H groups in total. The van der Waals surface area contributed by atoms with Crippen molar-refractivity contribution in [3.63, 3.8) is 0 Å². The molecule has 4 rings (SSSR count). The molecule has 1 atom stereocenters. The van der Waals surface area contributed by atoms with Crippen LogP contribution in [-0.4, -0.2) is 47.1 Å². The predicted molar refractivity (Wildman–Crippen MR) is 104 cm³/mol. The molecule has 0 amide bonds. The van der Waals surface area contributed by atoms with Crippen molar-refractivity contribution in [2.75, 3.05) is 18.8 Å². The van der Waals surface area contributed by atoms with Gasteiger partial charge in [0.05, 0.1) is 18.4 Å². The number of alkyl halides is 2. The number of halogens is 3. The summed E-state index contributed by atoms with van der Waals surface area (Å²) in [5.74, 6) is -2.69. The van der Waals surface area contributed by atoms with Crippen LogP contribution in [0.2, 0.25) is 0 Å². The molecule has 2 fully saturated rings. The molecular weight excluding hydrogens is 383 g/mol. The molecule has 0 spiro atoms. The van der Waals surface area contributed by atoms with E-state index in [4.69, 9.17) is 15.9 Å². The van der Waals surface area contributed by atoms with E-state index in [0.717, 1.165) is 12.8 Å². The van der Waals surface area contributed by atoms with E-state index < -0.39 is 17.3 Å². The topological polar surface area (TPSA) is 88.5 Å². The standard InChI is InChI=1S/C20H24F3N5O/c1-18(3-4-18)29-15-7-12(14(24)8-13(15)21)17(25)19(2)9-16(26-11-27-19)28-6-5-20(22,23)10-28/h7-9,11,25H,3-6,10,24H2,1-2H3,(H,26,27)/p+1. The molecular formula is C20H25F3N5O+. The van der Waals surface area contributed by atoms with E-state index in [1.807, 2.05) is 6.92 Å². The zero-order valence-electron chi connectivity index (χ0n) is 16.4. The molecule has 3 aliphatic rings. The van der Waals surface area contributed by atoms with E-state index >= 15 is 0 Å². The highest BCUT2D eigenvalue weighted by molar-refractivity contribution is 6.09. The first-order valence-electron chi connectivity index (χ1n) is 9.58. The molecule has 0 aromatic heterocycles. The Morgan fingerprint density at radius 1 is 1.28 bits per heavy atom. The third-order valence-corrected chi connectivity index (χ3v) is 5.72. The van der Waals surface area contributed by atoms with Gasteiger partial charge in [0.1, 0.15) is 11.4 Å². The molecule has 1 aromatic carbocycles. The second-order valence-corrected chi connectivity index (χ2v) is 8.44. The van der Waals surface area contributed by atoms with E-state index in [2.05, 4.69) is 10.3 Å². The van der Waals surface area contributed by atoms with Crippen LogP contribution in [0.25, 0.3) is 0 Å². The number of anilines is 1. The number of benzene rings is 1. The van der Waals surface area contributed by atoms with Gasteiger partial charge < -0.3 is 20.7 Å². The number of hydrogen-bond acceptors (Lipinski definition) is 5. The second-order valence-electron chi connectivity index (χ2n) is 8.44. The first-order chi connectivity index (χ1) is 13.5. The lowest BCUT2D eigenvalue weighted by atomic mass is 9.88. The number of hydrogen-bond donors (Lipinski definition) is 3. The Morgan fingerprint density at radius 3 is 2.62 bits per heavy atom. The summed E-state index contributed by atoms with van der Waals surface area (Å²) in [5, 5.41) is 9.34. The summed E-state index contributed by atoms with van der Waals surface area (Å²) in [7, 11) is 0. The van der Waals surface area contributed by atoms with Gasteiger partial charge in [-0.25, -0.2) is 13.2 Å². The Kier molecular flexibility index (Phi) is 4.32. The average Bonchev–Trinajstić information content (AvgIpc) is 3.25. The molecule has 9 heteroatoms. The van der Waals surface area contributed by atoms with Crippen LogP contribution < -0.4 is 21.2 Å². The number of nitrogens with zero attached hydrogens (tertiary/aromatic N) is 2. The molecule has 1 aliphatic carbocycles. The van der Waals surface area contributed by atoms with Gasteiger partial charge >= 0.3 is 0 Å². The summed E-state index contributed by atoms with van der Waals surface area (Å²) >= 11 is 0. The molecule has 1 unspecified atom stereocenters. The number of nitrogens with one attached hydrogen (secondary N) is 1. The normalized spacial score (nSPS) is 26.7. The van der Waals surface area contributed by atoms with E-state index in [0.29, 0.717) is 11.4 Å². The fraction of sp³-hybridized carbons (Fsp3) is 0.500. The molecule has 2 heterocycles. The molecule has 156 valence electrons.